The fraction of sp³-hybridized carbons (Fsp3) is 0.500. The highest BCUT2D eigenvalue weighted by molar-refractivity contribution is 6.07. The van der Waals surface area contributed by atoms with Crippen LogP contribution in [-0.2, 0) is 10.2 Å². The third kappa shape index (κ3) is 2.18. The second kappa shape index (κ2) is 4.48. The van der Waals surface area contributed by atoms with E-state index < -0.39 is 5.41 Å². The first-order valence-electron chi connectivity index (χ1n) is 6.75. The maximum Gasteiger partial charge on any atom is 0.234 e. The lowest BCUT2D eigenvalue weighted by Crippen LogP contribution is -2.27. The van der Waals surface area contributed by atoms with Crippen LogP contribution in [-0.4, -0.2) is 11.7 Å². The minimum absolute atomic E-state index is 0.00812. The van der Waals surface area contributed by atoms with Gasteiger partial charge < -0.3 is 5.32 Å². The van der Waals surface area contributed by atoms with Gasteiger partial charge in [0.15, 0.2) is 5.78 Å². The lowest BCUT2D eigenvalue weighted by molar-refractivity contribution is -0.119. The normalized spacial score (nSPS) is 18.1. The summed E-state index contributed by atoms with van der Waals surface area (Å²) in [6.07, 6.45) is 0. The molecule has 1 aliphatic heterocycles. The lowest BCUT2D eigenvalue weighted by atomic mass is 9.83. The quantitative estimate of drug-likeness (QED) is 0.846. The van der Waals surface area contributed by atoms with Gasteiger partial charge in [0, 0.05) is 17.2 Å². The molecule has 1 atom stereocenters. The van der Waals surface area contributed by atoms with Crippen molar-refractivity contribution in [3.63, 3.8) is 0 Å². The van der Waals surface area contributed by atoms with E-state index >= 15 is 0 Å². The highest BCUT2D eigenvalue weighted by Gasteiger charge is 2.38. The van der Waals surface area contributed by atoms with Crippen molar-refractivity contribution in [3.8, 4) is 0 Å². The number of hydrogen-bond acceptors (Lipinski definition) is 2. The lowest BCUT2D eigenvalue weighted by Gasteiger charge is -2.18. The first-order chi connectivity index (χ1) is 8.75. The molecule has 0 spiro atoms. The van der Waals surface area contributed by atoms with Gasteiger partial charge in [0.05, 0.1) is 5.41 Å². The average molecular weight is 259 g/mol. The fourth-order valence-corrected chi connectivity index (χ4v) is 2.29. The van der Waals surface area contributed by atoms with Crippen LogP contribution in [0.5, 0.6) is 0 Å². The largest absolute Gasteiger partial charge is 0.325 e. The number of anilines is 1. The van der Waals surface area contributed by atoms with Crippen LogP contribution in [0.15, 0.2) is 18.2 Å². The molecule has 1 aliphatic rings. The molecule has 2 rings (SSSR count). The first-order valence-corrected chi connectivity index (χ1v) is 6.75. The van der Waals surface area contributed by atoms with Crippen molar-refractivity contribution in [2.45, 2.75) is 40.0 Å². The molecule has 3 heteroatoms. The van der Waals surface area contributed by atoms with Crippen LogP contribution in [0.25, 0.3) is 0 Å². The number of carbonyl (C=O) groups excluding carboxylic acids is 2. The van der Waals surface area contributed by atoms with Gasteiger partial charge in [-0.05, 0) is 43.5 Å². The summed E-state index contributed by atoms with van der Waals surface area (Å²) in [4.78, 5) is 24.3. The molecule has 102 valence electrons. The van der Waals surface area contributed by atoms with Crippen LogP contribution in [0.1, 0.15) is 50.5 Å². The second-order valence-electron chi connectivity index (χ2n) is 6.24. The third-order valence-electron chi connectivity index (χ3n) is 4.21. The number of Topliss-reactive ketones (excluding diaryl/α,β-unsaturated/α-hetero) is 1. The Morgan fingerprint density at radius 1 is 1.21 bits per heavy atom. The molecule has 1 aromatic rings. The Morgan fingerprint density at radius 2 is 1.84 bits per heavy atom. The summed E-state index contributed by atoms with van der Waals surface area (Å²) in [7, 11) is 0. The predicted molar refractivity (Wildman–Crippen MR) is 76.4 cm³/mol. The molecule has 1 unspecified atom stereocenters. The summed E-state index contributed by atoms with van der Waals surface area (Å²) in [6, 6.07) is 5.51. The monoisotopic (exact) mass is 259 g/mol. The number of carbonyl (C=O) groups is 2. The van der Waals surface area contributed by atoms with Gasteiger partial charge in [0.2, 0.25) is 5.91 Å². The number of amides is 1. The van der Waals surface area contributed by atoms with Crippen molar-refractivity contribution in [3.05, 3.63) is 29.3 Å². The Bertz CT molecular complexity index is 544. The van der Waals surface area contributed by atoms with E-state index in [2.05, 4.69) is 5.32 Å². The van der Waals surface area contributed by atoms with Crippen molar-refractivity contribution >= 4 is 17.4 Å². The van der Waals surface area contributed by atoms with Crippen LogP contribution in [0.4, 0.5) is 5.69 Å². The molecular weight excluding hydrogens is 238 g/mol. The summed E-state index contributed by atoms with van der Waals surface area (Å²) in [5.74, 6) is 0.441. The molecule has 0 fully saturated rings. The SMILES string of the molecule is CC(C)C(C)C(=O)c1ccc2c(c1)C(C)(C)C(=O)N2. The van der Waals surface area contributed by atoms with Crippen molar-refractivity contribution in [2.75, 3.05) is 5.32 Å². The van der Waals surface area contributed by atoms with E-state index in [1.165, 1.54) is 0 Å². The van der Waals surface area contributed by atoms with Crippen LogP contribution in [0.3, 0.4) is 0 Å². The van der Waals surface area contributed by atoms with Crippen molar-refractivity contribution in [1.82, 2.24) is 0 Å². The Labute approximate surface area is 114 Å². The van der Waals surface area contributed by atoms with Gasteiger partial charge in [-0.25, -0.2) is 0 Å². The Morgan fingerprint density at radius 3 is 2.42 bits per heavy atom. The molecule has 1 N–H and O–H groups in total. The van der Waals surface area contributed by atoms with E-state index in [1.807, 2.05) is 52.8 Å². The predicted octanol–water partition coefficient (Wildman–Crippen LogP) is 3.39. The zero-order valence-electron chi connectivity index (χ0n) is 12.2. The van der Waals surface area contributed by atoms with Crippen LogP contribution in [0, 0.1) is 11.8 Å². The second-order valence-corrected chi connectivity index (χ2v) is 6.24. The number of ketones is 1. The molecule has 19 heavy (non-hydrogen) atoms. The van der Waals surface area contributed by atoms with Gasteiger partial charge in [-0.2, -0.15) is 0 Å². The summed E-state index contributed by atoms with van der Waals surface area (Å²) in [6.45, 7) is 9.81. The number of hydrogen-bond donors (Lipinski definition) is 1. The van der Waals surface area contributed by atoms with E-state index in [1.54, 1.807) is 0 Å². The van der Waals surface area contributed by atoms with Gasteiger partial charge >= 0.3 is 0 Å². The van der Waals surface area contributed by atoms with E-state index in [-0.39, 0.29) is 17.6 Å². The molecular formula is C16H21NO2. The van der Waals surface area contributed by atoms with E-state index in [4.69, 9.17) is 0 Å². The molecule has 0 aliphatic carbocycles. The fourth-order valence-electron chi connectivity index (χ4n) is 2.29. The highest BCUT2D eigenvalue weighted by Crippen LogP contribution is 2.38. The minimum Gasteiger partial charge on any atom is -0.325 e. The van der Waals surface area contributed by atoms with Crippen molar-refractivity contribution < 1.29 is 9.59 Å². The molecule has 3 nitrogen and oxygen atoms in total. The van der Waals surface area contributed by atoms with Crippen LogP contribution < -0.4 is 5.32 Å². The molecule has 1 heterocycles. The van der Waals surface area contributed by atoms with Crippen molar-refractivity contribution in [2.24, 2.45) is 11.8 Å². The zero-order chi connectivity index (χ0) is 14.4. The molecule has 0 radical (unpaired) electrons. The van der Waals surface area contributed by atoms with Gasteiger partial charge in [-0.3, -0.25) is 9.59 Å². The number of fused-ring (bicyclic) bond motifs is 1. The topological polar surface area (TPSA) is 46.2 Å². The van der Waals surface area contributed by atoms with E-state index in [0.29, 0.717) is 11.5 Å². The van der Waals surface area contributed by atoms with Gasteiger partial charge in [0.1, 0.15) is 0 Å². The molecule has 1 aromatic carbocycles. The minimum atomic E-state index is -0.563. The summed E-state index contributed by atoms with van der Waals surface area (Å²) >= 11 is 0. The first kappa shape index (κ1) is 13.8. The molecule has 0 saturated heterocycles. The van der Waals surface area contributed by atoms with Crippen LogP contribution >= 0.6 is 0 Å². The number of rotatable bonds is 3. The third-order valence-corrected chi connectivity index (χ3v) is 4.21. The van der Waals surface area contributed by atoms with E-state index in [9.17, 15) is 9.59 Å². The number of nitrogens with one attached hydrogen (secondary N) is 1. The summed E-state index contributed by atoms with van der Waals surface area (Å²) in [5.41, 5.74) is 1.87. The molecule has 1 amide bonds. The highest BCUT2D eigenvalue weighted by atomic mass is 16.2. The standard InChI is InChI=1S/C16H21NO2/c1-9(2)10(3)14(18)11-6-7-13-12(8-11)16(4,5)15(19)17-13/h6-10H,1-5H3,(H,17,19). The Balaban J connectivity index is 2.41. The maximum atomic E-state index is 12.4. The molecule has 0 saturated carbocycles. The zero-order valence-corrected chi connectivity index (χ0v) is 12.2. The van der Waals surface area contributed by atoms with Crippen molar-refractivity contribution in [1.29, 1.82) is 0 Å². The van der Waals surface area contributed by atoms with E-state index in [0.717, 1.165) is 11.3 Å². The van der Waals surface area contributed by atoms with Crippen LogP contribution in [0.2, 0.25) is 0 Å². The molecule has 0 bridgehead atoms. The van der Waals surface area contributed by atoms with Gasteiger partial charge in [-0.15, -0.1) is 0 Å². The number of benzene rings is 1. The average Bonchev–Trinajstić information content (AvgIpc) is 2.58. The Kier molecular flexibility index (Phi) is 3.25. The van der Waals surface area contributed by atoms with Gasteiger partial charge in [0.25, 0.3) is 0 Å². The van der Waals surface area contributed by atoms with Gasteiger partial charge in [-0.1, -0.05) is 20.8 Å². The Hall–Kier alpha value is -1.64. The smallest absolute Gasteiger partial charge is 0.234 e. The summed E-state index contributed by atoms with van der Waals surface area (Å²) < 4.78 is 0. The maximum absolute atomic E-state index is 12.4. The molecule has 0 aromatic heterocycles. The summed E-state index contributed by atoms with van der Waals surface area (Å²) in [5, 5.41) is 2.86.